The molecule has 1 aliphatic rings. The Morgan fingerprint density at radius 1 is 1.41 bits per heavy atom. The molecule has 0 atom stereocenters. The van der Waals surface area contributed by atoms with Crippen LogP contribution in [0.5, 0.6) is 0 Å². The molecule has 1 aliphatic heterocycles. The first-order valence-electron chi connectivity index (χ1n) is 6.02. The summed E-state index contributed by atoms with van der Waals surface area (Å²) in [5, 5.41) is 12.3. The highest BCUT2D eigenvalue weighted by Crippen LogP contribution is 2.19. The summed E-state index contributed by atoms with van der Waals surface area (Å²) in [5.74, 6) is 0.969. The van der Waals surface area contributed by atoms with Crippen molar-refractivity contribution >= 4 is 11.5 Å². The van der Waals surface area contributed by atoms with Gasteiger partial charge in [-0.2, -0.15) is 0 Å². The topological polar surface area (TPSA) is 47.9 Å². The molecule has 0 fully saturated rings. The van der Waals surface area contributed by atoms with Crippen LogP contribution in [0.1, 0.15) is 12.0 Å². The maximum Gasteiger partial charge on any atom is 0.130 e. The minimum atomic E-state index is 0.157. The second kappa shape index (κ2) is 5.68. The lowest BCUT2D eigenvalue weighted by atomic mass is 10.1. The van der Waals surface area contributed by atoms with Gasteiger partial charge >= 0.3 is 0 Å². The minimum absolute atomic E-state index is 0.157. The molecule has 92 valence electrons. The summed E-state index contributed by atoms with van der Waals surface area (Å²) in [6, 6.07) is 8.16. The van der Waals surface area contributed by atoms with Gasteiger partial charge in [0.1, 0.15) is 5.84 Å². The van der Waals surface area contributed by atoms with E-state index in [0.717, 1.165) is 36.6 Å². The van der Waals surface area contributed by atoms with Gasteiger partial charge in [0, 0.05) is 37.9 Å². The standard InChI is InChI=1S/C13H19N3O/c1-16(9-10-17)12-6-3-2-5-11(12)13-14-7-4-8-15-13/h2-3,5-6,17H,4,7-10H2,1H3,(H,14,15). The van der Waals surface area contributed by atoms with Crippen molar-refractivity contribution in [2.24, 2.45) is 4.99 Å². The molecule has 17 heavy (non-hydrogen) atoms. The van der Waals surface area contributed by atoms with E-state index in [1.54, 1.807) is 0 Å². The van der Waals surface area contributed by atoms with Gasteiger partial charge in [-0.3, -0.25) is 4.99 Å². The number of aliphatic hydroxyl groups excluding tert-OH is 1. The van der Waals surface area contributed by atoms with E-state index in [1.807, 2.05) is 24.1 Å². The molecule has 2 rings (SSSR count). The maximum absolute atomic E-state index is 9.01. The number of nitrogens with one attached hydrogen (secondary N) is 1. The lowest BCUT2D eigenvalue weighted by molar-refractivity contribution is 0.304. The number of benzene rings is 1. The highest BCUT2D eigenvalue weighted by molar-refractivity contribution is 6.03. The average molecular weight is 233 g/mol. The van der Waals surface area contributed by atoms with E-state index in [9.17, 15) is 0 Å². The summed E-state index contributed by atoms with van der Waals surface area (Å²) >= 11 is 0. The fourth-order valence-corrected chi connectivity index (χ4v) is 1.99. The SMILES string of the molecule is CN(CCO)c1ccccc1C1=NCCCN1. The first-order valence-corrected chi connectivity index (χ1v) is 6.02. The quantitative estimate of drug-likeness (QED) is 0.810. The van der Waals surface area contributed by atoms with E-state index in [2.05, 4.69) is 22.4 Å². The molecule has 1 aromatic carbocycles. The van der Waals surface area contributed by atoms with Gasteiger partial charge in [-0.25, -0.2) is 0 Å². The fourth-order valence-electron chi connectivity index (χ4n) is 1.99. The second-order valence-electron chi connectivity index (χ2n) is 4.17. The number of likely N-dealkylation sites (N-methyl/N-ethyl adjacent to an activating group) is 1. The van der Waals surface area contributed by atoms with Gasteiger partial charge in [0.25, 0.3) is 0 Å². The molecule has 1 heterocycles. The summed E-state index contributed by atoms with van der Waals surface area (Å²) in [5.41, 5.74) is 2.22. The van der Waals surface area contributed by atoms with Gasteiger partial charge < -0.3 is 15.3 Å². The Labute approximate surface area is 102 Å². The molecular formula is C13H19N3O. The van der Waals surface area contributed by atoms with E-state index in [-0.39, 0.29) is 6.61 Å². The van der Waals surface area contributed by atoms with Crippen LogP contribution in [0.2, 0.25) is 0 Å². The Bertz CT molecular complexity index is 403. The van der Waals surface area contributed by atoms with E-state index < -0.39 is 0 Å². The van der Waals surface area contributed by atoms with Crippen molar-refractivity contribution in [1.82, 2.24) is 5.32 Å². The molecular weight excluding hydrogens is 214 g/mol. The van der Waals surface area contributed by atoms with Crippen molar-refractivity contribution in [2.45, 2.75) is 6.42 Å². The van der Waals surface area contributed by atoms with Crippen LogP contribution in [0.15, 0.2) is 29.3 Å². The zero-order chi connectivity index (χ0) is 12.1. The summed E-state index contributed by atoms with van der Waals surface area (Å²) in [7, 11) is 1.98. The van der Waals surface area contributed by atoms with Crippen LogP contribution < -0.4 is 10.2 Å². The third kappa shape index (κ3) is 2.77. The van der Waals surface area contributed by atoms with Crippen LogP contribution in [0.3, 0.4) is 0 Å². The number of hydrogen-bond donors (Lipinski definition) is 2. The highest BCUT2D eigenvalue weighted by Gasteiger charge is 2.13. The van der Waals surface area contributed by atoms with Crippen molar-refractivity contribution in [1.29, 1.82) is 0 Å². The number of nitrogens with zero attached hydrogens (tertiary/aromatic N) is 2. The molecule has 0 bridgehead atoms. The second-order valence-corrected chi connectivity index (χ2v) is 4.17. The number of anilines is 1. The molecule has 0 spiro atoms. The summed E-state index contributed by atoms with van der Waals surface area (Å²) in [6.45, 7) is 2.66. The van der Waals surface area contributed by atoms with Crippen molar-refractivity contribution in [3.05, 3.63) is 29.8 Å². The zero-order valence-electron chi connectivity index (χ0n) is 10.2. The Kier molecular flexibility index (Phi) is 3.98. The van der Waals surface area contributed by atoms with Gasteiger partial charge in [0.05, 0.1) is 6.61 Å². The number of amidine groups is 1. The molecule has 4 nitrogen and oxygen atoms in total. The molecule has 1 aromatic rings. The summed E-state index contributed by atoms with van der Waals surface area (Å²) < 4.78 is 0. The molecule has 0 saturated carbocycles. The third-order valence-electron chi connectivity index (χ3n) is 2.90. The predicted octanol–water partition coefficient (Wildman–Crippen LogP) is 0.855. The molecule has 4 heteroatoms. The number of aliphatic hydroxyl groups is 1. The van der Waals surface area contributed by atoms with Gasteiger partial charge in [0.2, 0.25) is 0 Å². The number of aliphatic imine (C=N–C) groups is 1. The Morgan fingerprint density at radius 2 is 2.24 bits per heavy atom. The zero-order valence-corrected chi connectivity index (χ0v) is 10.2. The molecule has 0 unspecified atom stereocenters. The first kappa shape index (κ1) is 11.9. The van der Waals surface area contributed by atoms with Crippen LogP contribution >= 0.6 is 0 Å². The van der Waals surface area contributed by atoms with Gasteiger partial charge in [-0.1, -0.05) is 12.1 Å². The lowest BCUT2D eigenvalue weighted by Crippen LogP contribution is -2.32. The van der Waals surface area contributed by atoms with Crippen LogP contribution in [0.4, 0.5) is 5.69 Å². The van der Waals surface area contributed by atoms with Crippen LogP contribution in [-0.4, -0.2) is 44.2 Å². The number of rotatable bonds is 4. The first-order chi connectivity index (χ1) is 8.33. The average Bonchev–Trinajstić information content (AvgIpc) is 2.40. The Hall–Kier alpha value is -1.55. The van der Waals surface area contributed by atoms with Crippen LogP contribution in [-0.2, 0) is 0 Å². The fraction of sp³-hybridized carbons (Fsp3) is 0.462. The molecule has 0 saturated heterocycles. The van der Waals surface area contributed by atoms with E-state index >= 15 is 0 Å². The molecule has 0 radical (unpaired) electrons. The number of para-hydroxylation sites is 1. The number of hydrogen-bond acceptors (Lipinski definition) is 4. The van der Waals surface area contributed by atoms with Crippen LogP contribution in [0, 0.1) is 0 Å². The molecule has 2 N–H and O–H groups in total. The summed E-state index contributed by atoms with van der Waals surface area (Å²) in [4.78, 5) is 6.57. The largest absolute Gasteiger partial charge is 0.395 e. The summed E-state index contributed by atoms with van der Waals surface area (Å²) in [6.07, 6.45) is 1.10. The normalized spacial score (nSPS) is 15.1. The van der Waals surface area contributed by atoms with Crippen molar-refractivity contribution < 1.29 is 5.11 Å². The molecule has 0 aromatic heterocycles. The molecule has 0 aliphatic carbocycles. The highest BCUT2D eigenvalue weighted by atomic mass is 16.3. The Morgan fingerprint density at radius 3 is 2.94 bits per heavy atom. The molecule has 0 amide bonds. The van der Waals surface area contributed by atoms with Gasteiger partial charge in [-0.05, 0) is 18.6 Å². The Balaban J connectivity index is 2.29. The smallest absolute Gasteiger partial charge is 0.130 e. The lowest BCUT2D eigenvalue weighted by Gasteiger charge is -2.23. The minimum Gasteiger partial charge on any atom is -0.395 e. The monoisotopic (exact) mass is 233 g/mol. The predicted molar refractivity (Wildman–Crippen MR) is 70.8 cm³/mol. The third-order valence-corrected chi connectivity index (χ3v) is 2.90. The maximum atomic E-state index is 9.01. The van der Waals surface area contributed by atoms with Gasteiger partial charge in [0.15, 0.2) is 0 Å². The van der Waals surface area contributed by atoms with E-state index in [1.165, 1.54) is 0 Å². The van der Waals surface area contributed by atoms with Gasteiger partial charge in [-0.15, -0.1) is 0 Å². The van der Waals surface area contributed by atoms with Crippen LogP contribution in [0.25, 0.3) is 0 Å². The van der Waals surface area contributed by atoms with Crippen molar-refractivity contribution in [2.75, 3.05) is 38.2 Å². The van der Waals surface area contributed by atoms with E-state index in [0.29, 0.717) is 6.54 Å². The van der Waals surface area contributed by atoms with Crippen molar-refractivity contribution in [3.63, 3.8) is 0 Å². The van der Waals surface area contributed by atoms with E-state index in [4.69, 9.17) is 5.11 Å². The van der Waals surface area contributed by atoms with Crippen molar-refractivity contribution in [3.8, 4) is 0 Å².